The van der Waals surface area contributed by atoms with Crippen molar-refractivity contribution in [3.05, 3.63) is 94.5 Å². The maximum atomic E-state index is 13.6. The van der Waals surface area contributed by atoms with Crippen molar-refractivity contribution in [1.29, 1.82) is 0 Å². The summed E-state index contributed by atoms with van der Waals surface area (Å²) >= 11 is 1.31. The van der Waals surface area contributed by atoms with Crippen molar-refractivity contribution in [2.24, 2.45) is 0 Å². The molecule has 0 amide bonds. The van der Waals surface area contributed by atoms with Crippen molar-refractivity contribution in [2.45, 2.75) is 23.9 Å². The minimum absolute atomic E-state index is 0.0191. The minimum Gasteiger partial charge on any atom is -0.360 e. The quantitative estimate of drug-likeness (QED) is 0.300. The van der Waals surface area contributed by atoms with Gasteiger partial charge in [0.1, 0.15) is 5.25 Å². The molecule has 0 bridgehead atoms. The minimum atomic E-state index is -0.507. The van der Waals surface area contributed by atoms with E-state index in [2.05, 4.69) is 9.97 Å². The number of rotatable bonds is 6. The van der Waals surface area contributed by atoms with Crippen LogP contribution in [0, 0.1) is 0 Å². The highest BCUT2D eigenvalue weighted by Crippen LogP contribution is 2.37. The van der Waals surface area contributed by atoms with Crippen LogP contribution in [-0.2, 0) is 6.54 Å². The van der Waals surface area contributed by atoms with Gasteiger partial charge in [0.25, 0.3) is 5.56 Å². The average molecular weight is 389 g/mol. The van der Waals surface area contributed by atoms with E-state index in [4.69, 9.17) is 0 Å². The third-order valence-corrected chi connectivity index (χ3v) is 5.87. The highest BCUT2D eigenvalue weighted by Gasteiger charge is 2.27. The van der Waals surface area contributed by atoms with E-state index in [0.29, 0.717) is 17.3 Å². The molecule has 140 valence electrons. The molecule has 5 nitrogen and oxygen atoms in total. The molecule has 28 heavy (non-hydrogen) atoms. The SMILES string of the molecule is CCn1ccc(=O)nc1SC(C(=O)c1c[nH]c2ccccc12)c1ccccc1. The number of aryl methyl sites for hydroxylation is 1. The Morgan fingerprint density at radius 2 is 1.86 bits per heavy atom. The van der Waals surface area contributed by atoms with Crippen molar-refractivity contribution >= 4 is 28.4 Å². The van der Waals surface area contributed by atoms with E-state index < -0.39 is 5.25 Å². The van der Waals surface area contributed by atoms with Crippen LogP contribution >= 0.6 is 11.8 Å². The van der Waals surface area contributed by atoms with Gasteiger partial charge in [0.15, 0.2) is 10.9 Å². The zero-order valence-corrected chi connectivity index (χ0v) is 16.1. The number of aromatic amines is 1. The Balaban J connectivity index is 1.80. The smallest absolute Gasteiger partial charge is 0.273 e. The number of benzene rings is 2. The zero-order chi connectivity index (χ0) is 19.5. The Bertz CT molecular complexity index is 1180. The van der Waals surface area contributed by atoms with Crippen LogP contribution in [0.1, 0.15) is 28.1 Å². The summed E-state index contributed by atoms with van der Waals surface area (Å²) in [4.78, 5) is 32.7. The first kappa shape index (κ1) is 18.3. The lowest BCUT2D eigenvalue weighted by Gasteiger charge is -2.17. The number of hydrogen-bond acceptors (Lipinski definition) is 4. The first-order chi connectivity index (χ1) is 13.7. The van der Waals surface area contributed by atoms with E-state index in [0.717, 1.165) is 16.5 Å². The number of H-pyrrole nitrogens is 1. The fourth-order valence-electron chi connectivity index (χ4n) is 3.17. The van der Waals surface area contributed by atoms with Gasteiger partial charge in [0, 0.05) is 41.5 Å². The number of aromatic nitrogens is 3. The number of thioether (sulfide) groups is 1. The highest BCUT2D eigenvalue weighted by atomic mass is 32.2. The molecule has 0 aliphatic rings. The number of hydrogen-bond donors (Lipinski definition) is 1. The van der Waals surface area contributed by atoms with Crippen LogP contribution < -0.4 is 5.56 Å². The third kappa shape index (κ3) is 3.51. The molecule has 4 rings (SSSR count). The summed E-state index contributed by atoms with van der Waals surface area (Å²) in [5.41, 5.74) is 2.13. The second-order valence-corrected chi connectivity index (χ2v) is 7.43. The normalized spacial score (nSPS) is 12.2. The summed E-state index contributed by atoms with van der Waals surface area (Å²) in [7, 11) is 0. The van der Waals surface area contributed by atoms with Crippen LogP contribution in [-0.4, -0.2) is 20.3 Å². The molecule has 0 saturated carbocycles. The third-order valence-electron chi connectivity index (χ3n) is 4.61. The molecular weight excluding hydrogens is 370 g/mol. The Morgan fingerprint density at radius 3 is 2.64 bits per heavy atom. The molecule has 1 unspecified atom stereocenters. The van der Waals surface area contributed by atoms with Crippen LogP contribution in [0.25, 0.3) is 10.9 Å². The molecule has 1 N–H and O–H groups in total. The summed E-state index contributed by atoms with van der Waals surface area (Å²) in [6.07, 6.45) is 3.48. The molecule has 2 aromatic heterocycles. The van der Waals surface area contributed by atoms with Crippen molar-refractivity contribution in [3.63, 3.8) is 0 Å². The van der Waals surface area contributed by atoms with Crippen LogP contribution in [0.5, 0.6) is 0 Å². The number of Topliss-reactive ketones (excluding diaryl/α,β-unsaturated/α-hetero) is 1. The second-order valence-electron chi connectivity index (χ2n) is 6.36. The van der Waals surface area contributed by atoms with E-state index in [-0.39, 0.29) is 11.3 Å². The van der Waals surface area contributed by atoms with E-state index >= 15 is 0 Å². The molecule has 0 aliphatic carbocycles. The molecule has 1 atom stereocenters. The molecule has 6 heteroatoms. The number of nitrogens with one attached hydrogen (secondary N) is 1. The number of carbonyl (C=O) groups excluding carboxylic acids is 1. The lowest BCUT2D eigenvalue weighted by atomic mass is 10.0. The van der Waals surface area contributed by atoms with Crippen LogP contribution in [0.2, 0.25) is 0 Å². The van der Waals surface area contributed by atoms with E-state index in [1.54, 1.807) is 12.4 Å². The molecule has 2 aromatic carbocycles. The topological polar surface area (TPSA) is 67.8 Å². The van der Waals surface area contributed by atoms with Crippen molar-refractivity contribution < 1.29 is 4.79 Å². The van der Waals surface area contributed by atoms with Crippen LogP contribution in [0.3, 0.4) is 0 Å². The number of ketones is 1. The summed E-state index contributed by atoms with van der Waals surface area (Å²) < 4.78 is 1.88. The molecule has 0 spiro atoms. The summed E-state index contributed by atoms with van der Waals surface area (Å²) in [5, 5.41) is 0.924. The summed E-state index contributed by atoms with van der Waals surface area (Å²) in [5.74, 6) is -0.0191. The lowest BCUT2D eigenvalue weighted by Crippen LogP contribution is -2.16. The molecule has 2 heterocycles. The van der Waals surface area contributed by atoms with Gasteiger partial charge >= 0.3 is 0 Å². The van der Waals surface area contributed by atoms with Gasteiger partial charge < -0.3 is 9.55 Å². The Labute approximate surface area is 166 Å². The maximum Gasteiger partial charge on any atom is 0.273 e. The van der Waals surface area contributed by atoms with Crippen LogP contribution in [0.4, 0.5) is 0 Å². The monoisotopic (exact) mass is 389 g/mol. The van der Waals surface area contributed by atoms with Gasteiger partial charge in [0.05, 0.1) is 0 Å². The van der Waals surface area contributed by atoms with Gasteiger partial charge in [-0.05, 0) is 18.6 Å². The van der Waals surface area contributed by atoms with Gasteiger partial charge in [-0.2, -0.15) is 4.98 Å². The number of carbonyl (C=O) groups is 1. The summed E-state index contributed by atoms with van der Waals surface area (Å²) in [6.45, 7) is 2.65. The van der Waals surface area contributed by atoms with Gasteiger partial charge in [0.2, 0.25) is 0 Å². The number of para-hydroxylation sites is 1. The highest BCUT2D eigenvalue weighted by molar-refractivity contribution is 8.00. The molecular formula is C22H19N3O2S. The van der Waals surface area contributed by atoms with E-state index in [9.17, 15) is 9.59 Å². The summed E-state index contributed by atoms with van der Waals surface area (Å²) in [6, 6.07) is 18.8. The van der Waals surface area contributed by atoms with E-state index in [1.807, 2.05) is 66.1 Å². The van der Waals surface area contributed by atoms with Crippen LogP contribution in [0.15, 0.2) is 83.0 Å². The Morgan fingerprint density at radius 1 is 1.11 bits per heavy atom. The number of fused-ring (bicyclic) bond motifs is 1. The molecule has 0 fully saturated rings. The zero-order valence-electron chi connectivity index (χ0n) is 15.3. The van der Waals surface area contributed by atoms with Crippen molar-refractivity contribution in [2.75, 3.05) is 0 Å². The second kappa shape index (κ2) is 7.86. The average Bonchev–Trinajstić information content (AvgIpc) is 3.16. The maximum absolute atomic E-state index is 13.6. The predicted molar refractivity (Wildman–Crippen MR) is 112 cm³/mol. The first-order valence-electron chi connectivity index (χ1n) is 9.07. The van der Waals surface area contributed by atoms with Crippen molar-refractivity contribution in [1.82, 2.24) is 14.5 Å². The Hall–Kier alpha value is -3.12. The van der Waals surface area contributed by atoms with Crippen molar-refractivity contribution in [3.8, 4) is 0 Å². The van der Waals surface area contributed by atoms with Gasteiger partial charge in [-0.15, -0.1) is 0 Å². The van der Waals surface area contributed by atoms with Gasteiger partial charge in [-0.1, -0.05) is 60.3 Å². The standard InChI is InChI=1S/C22H19N3O2S/c1-2-25-13-12-19(26)24-22(25)28-21(15-8-4-3-5-9-15)20(27)17-14-23-18-11-7-6-10-16(17)18/h3-14,21,23H,2H2,1H3. The van der Waals surface area contributed by atoms with Gasteiger partial charge in [-0.3, -0.25) is 9.59 Å². The molecule has 0 aliphatic heterocycles. The predicted octanol–water partition coefficient (Wildman–Crippen LogP) is 4.46. The molecule has 0 radical (unpaired) electrons. The molecule has 0 saturated heterocycles. The number of nitrogens with zero attached hydrogens (tertiary/aromatic N) is 2. The fourth-order valence-corrected chi connectivity index (χ4v) is 4.38. The molecule has 4 aromatic rings. The van der Waals surface area contributed by atoms with Gasteiger partial charge in [-0.25, -0.2) is 0 Å². The first-order valence-corrected chi connectivity index (χ1v) is 9.94. The fraction of sp³-hybridized carbons (Fsp3) is 0.136. The van der Waals surface area contributed by atoms with E-state index in [1.165, 1.54) is 17.8 Å². The lowest BCUT2D eigenvalue weighted by molar-refractivity contribution is 0.0991. The largest absolute Gasteiger partial charge is 0.360 e. The Kier molecular flexibility index (Phi) is 5.12.